The summed E-state index contributed by atoms with van der Waals surface area (Å²) in [6.45, 7) is 8.25. The Kier molecular flexibility index (Phi) is 4.33. The molecule has 2 aliphatic heterocycles. The fourth-order valence-electron chi connectivity index (χ4n) is 4.06. The summed E-state index contributed by atoms with van der Waals surface area (Å²) in [6.07, 6.45) is 3.02. The molecule has 0 amide bonds. The highest BCUT2D eigenvalue weighted by atomic mass is 32.1. The van der Waals surface area contributed by atoms with Crippen molar-refractivity contribution in [2.24, 2.45) is 0 Å². The lowest BCUT2D eigenvalue weighted by molar-refractivity contribution is 0.122. The Balaban J connectivity index is 1.49. The molecule has 3 aromatic rings. The van der Waals surface area contributed by atoms with Gasteiger partial charge in [-0.3, -0.25) is 9.36 Å². The van der Waals surface area contributed by atoms with Crippen LogP contribution < -0.4 is 10.5 Å². The molecule has 0 radical (unpaired) electrons. The molecule has 6 heteroatoms. The monoisotopic (exact) mass is 393 g/mol. The molecule has 1 aromatic carbocycles. The van der Waals surface area contributed by atoms with Crippen LogP contribution in [0.2, 0.25) is 0 Å². The zero-order valence-corrected chi connectivity index (χ0v) is 17.0. The SMILES string of the molecule is Cc1sc2nc3n(c(=O)c2c1C)CCC3=Cc1ccc(N2CCOCC2)cc1. The van der Waals surface area contributed by atoms with E-state index in [1.807, 2.05) is 11.5 Å². The van der Waals surface area contributed by atoms with E-state index >= 15 is 0 Å². The number of benzene rings is 1. The quantitative estimate of drug-likeness (QED) is 0.663. The second-order valence-corrected chi connectivity index (χ2v) is 8.67. The fraction of sp³-hybridized carbons (Fsp3) is 0.364. The molecule has 0 atom stereocenters. The van der Waals surface area contributed by atoms with E-state index in [9.17, 15) is 4.79 Å². The number of aromatic nitrogens is 2. The molecule has 144 valence electrons. The first kappa shape index (κ1) is 17.6. The molecule has 28 heavy (non-hydrogen) atoms. The molecule has 0 spiro atoms. The highest BCUT2D eigenvalue weighted by Gasteiger charge is 2.23. The minimum Gasteiger partial charge on any atom is -0.378 e. The lowest BCUT2D eigenvalue weighted by Crippen LogP contribution is -2.36. The van der Waals surface area contributed by atoms with Crippen LogP contribution in [0.3, 0.4) is 0 Å². The Labute approximate surface area is 167 Å². The van der Waals surface area contributed by atoms with E-state index in [4.69, 9.17) is 9.72 Å². The predicted molar refractivity (Wildman–Crippen MR) is 115 cm³/mol. The third kappa shape index (κ3) is 2.88. The predicted octanol–water partition coefficient (Wildman–Crippen LogP) is 3.86. The van der Waals surface area contributed by atoms with Crippen molar-refractivity contribution >= 4 is 38.9 Å². The highest BCUT2D eigenvalue weighted by molar-refractivity contribution is 7.18. The van der Waals surface area contributed by atoms with Gasteiger partial charge in [-0.2, -0.15) is 0 Å². The molecule has 0 N–H and O–H groups in total. The van der Waals surface area contributed by atoms with E-state index in [1.165, 1.54) is 10.6 Å². The summed E-state index contributed by atoms with van der Waals surface area (Å²) < 4.78 is 7.27. The van der Waals surface area contributed by atoms with Crippen LogP contribution in [-0.4, -0.2) is 35.9 Å². The number of anilines is 1. The third-order valence-electron chi connectivity index (χ3n) is 5.79. The second kappa shape index (κ2) is 6.87. The number of allylic oxidation sites excluding steroid dienone is 1. The van der Waals surface area contributed by atoms with E-state index in [2.05, 4.69) is 42.2 Å². The maximum atomic E-state index is 13.0. The van der Waals surface area contributed by atoms with Crippen molar-refractivity contribution in [2.45, 2.75) is 26.8 Å². The van der Waals surface area contributed by atoms with Crippen molar-refractivity contribution in [1.82, 2.24) is 9.55 Å². The maximum Gasteiger partial charge on any atom is 0.262 e. The van der Waals surface area contributed by atoms with Crippen molar-refractivity contribution in [2.75, 3.05) is 31.2 Å². The van der Waals surface area contributed by atoms with E-state index in [1.54, 1.807) is 11.3 Å². The molecule has 0 saturated carbocycles. The van der Waals surface area contributed by atoms with Crippen LogP contribution in [0.1, 0.15) is 28.2 Å². The van der Waals surface area contributed by atoms with Crippen LogP contribution in [-0.2, 0) is 11.3 Å². The van der Waals surface area contributed by atoms with Gasteiger partial charge < -0.3 is 9.64 Å². The third-order valence-corrected chi connectivity index (χ3v) is 6.89. The van der Waals surface area contributed by atoms with Gasteiger partial charge in [0, 0.05) is 30.2 Å². The van der Waals surface area contributed by atoms with Crippen LogP contribution in [0.4, 0.5) is 5.69 Å². The van der Waals surface area contributed by atoms with Gasteiger partial charge in [0.05, 0.1) is 18.6 Å². The number of rotatable bonds is 2. The number of aryl methyl sites for hydroxylation is 2. The molecule has 2 aliphatic rings. The lowest BCUT2D eigenvalue weighted by atomic mass is 10.1. The van der Waals surface area contributed by atoms with Crippen LogP contribution >= 0.6 is 11.3 Å². The van der Waals surface area contributed by atoms with Crippen LogP contribution in [0, 0.1) is 13.8 Å². The fourth-order valence-corrected chi connectivity index (χ4v) is 5.08. The standard InChI is InChI=1S/C22H23N3O2S/c1-14-15(2)28-21-19(14)22(26)25-8-7-17(20(25)23-21)13-16-3-5-18(6-4-16)24-9-11-27-12-10-24/h3-6,13H,7-12H2,1-2H3. The highest BCUT2D eigenvalue weighted by Crippen LogP contribution is 2.32. The van der Waals surface area contributed by atoms with Crippen molar-refractivity contribution < 1.29 is 4.74 Å². The summed E-state index contributed by atoms with van der Waals surface area (Å²) in [6, 6.07) is 8.64. The van der Waals surface area contributed by atoms with E-state index < -0.39 is 0 Å². The molecule has 5 nitrogen and oxygen atoms in total. The number of thiophene rings is 1. The number of morpholine rings is 1. The molecular formula is C22H23N3O2S. The number of ether oxygens (including phenoxy) is 1. The number of hydrogen-bond donors (Lipinski definition) is 0. The van der Waals surface area contributed by atoms with Gasteiger partial charge in [-0.1, -0.05) is 12.1 Å². The molecule has 5 rings (SSSR count). The molecule has 4 heterocycles. The summed E-state index contributed by atoms with van der Waals surface area (Å²) in [5.74, 6) is 0.830. The van der Waals surface area contributed by atoms with Gasteiger partial charge in [0.15, 0.2) is 0 Å². The van der Waals surface area contributed by atoms with Crippen LogP contribution in [0.15, 0.2) is 29.1 Å². The summed E-state index contributed by atoms with van der Waals surface area (Å²) in [5, 5.41) is 0.794. The van der Waals surface area contributed by atoms with E-state index in [0.29, 0.717) is 6.54 Å². The van der Waals surface area contributed by atoms with E-state index in [-0.39, 0.29) is 5.56 Å². The van der Waals surface area contributed by atoms with Crippen molar-refractivity contribution in [3.63, 3.8) is 0 Å². The minimum absolute atomic E-state index is 0.105. The van der Waals surface area contributed by atoms with Gasteiger partial charge in [0.1, 0.15) is 10.7 Å². The summed E-state index contributed by atoms with van der Waals surface area (Å²) in [7, 11) is 0. The zero-order valence-electron chi connectivity index (χ0n) is 16.2. The average Bonchev–Trinajstić information content (AvgIpc) is 3.24. The zero-order chi connectivity index (χ0) is 19.3. The number of hydrogen-bond acceptors (Lipinski definition) is 5. The molecule has 0 bridgehead atoms. The topological polar surface area (TPSA) is 47.4 Å². The summed E-state index contributed by atoms with van der Waals surface area (Å²) in [5.41, 5.74) is 4.70. The minimum atomic E-state index is 0.105. The van der Waals surface area contributed by atoms with E-state index in [0.717, 1.165) is 65.5 Å². The van der Waals surface area contributed by atoms with Crippen LogP contribution in [0.25, 0.3) is 21.9 Å². The summed E-state index contributed by atoms with van der Waals surface area (Å²) >= 11 is 1.62. The Hall–Kier alpha value is -2.44. The average molecular weight is 394 g/mol. The van der Waals surface area contributed by atoms with Gasteiger partial charge in [-0.25, -0.2) is 4.98 Å². The van der Waals surface area contributed by atoms with Crippen LogP contribution in [0.5, 0.6) is 0 Å². The van der Waals surface area contributed by atoms with Gasteiger partial charge in [0.2, 0.25) is 0 Å². The van der Waals surface area contributed by atoms with Gasteiger partial charge >= 0.3 is 0 Å². The summed E-state index contributed by atoms with van der Waals surface area (Å²) in [4.78, 5) is 22.2. The molecule has 1 fully saturated rings. The molecule has 0 aliphatic carbocycles. The van der Waals surface area contributed by atoms with Gasteiger partial charge in [0.25, 0.3) is 5.56 Å². The molecule has 2 aromatic heterocycles. The van der Waals surface area contributed by atoms with Crippen molar-refractivity contribution in [1.29, 1.82) is 0 Å². The van der Waals surface area contributed by atoms with Gasteiger partial charge in [-0.05, 0) is 55.2 Å². The van der Waals surface area contributed by atoms with Crippen molar-refractivity contribution in [3.05, 3.63) is 56.4 Å². The Morgan fingerprint density at radius 2 is 1.86 bits per heavy atom. The number of fused-ring (bicyclic) bond motifs is 2. The normalized spacial score (nSPS) is 18.2. The first-order chi connectivity index (χ1) is 13.6. The van der Waals surface area contributed by atoms with Crippen molar-refractivity contribution in [3.8, 4) is 0 Å². The molecular weight excluding hydrogens is 370 g/mol. The second-order valence-electron chi connectivity index (χ2n) is 7.47. The molecule has 0 unspecified atom stereocenters. The number of nitrogens with zero attached hydrogens (tertiary/aromatic N) is 3. The smallest absolute Gasteiger partial charge is 0.262 e. The first-order valence-corrected chi connectivity index (χ1v) is 10.6. The lowest BCUT2D eigenvalue weighted by Gasteiger charge is -2.28. The van der Waals surface area contributed by atoms with Gasteiger partial charge in [-0.15, -0.1) is 11.3 Å². The Bertz CT molecular complexity index is 1140. The Morgan fingerprint density at radius 3 is 2.61 bits per heavy atom. The Morgan fingerprint density at radius 1 is 1.11 bits per heavy atom. The first-order valence-electron chi connectivity index (χ1n) is 9.76. The largest absolute Gasteiger partial charge is 0.378 e. The maximum absolute atomic E-state index is 13.0. The molecule has 1 saturated heterocycles.